The monoisotopic (exact) mass is 222 g/mol. The molecule has 0 amide bonds. The highest BCUT2D eigenvalue weighted by atomic mass is 35.5. The van der Waals surface area contributed by atoms with E-state index in [-0.39, 0.29) is 11.8 Å². The fraction of sp³-hybridized carbons (Fsp3) is 0.167. The number of hydrogen-bond donors (Lipinski definition) is 1. The molecule has 0 saturated carbocycles. The summed E-state index contributed by atoms with van der Waals surface area (Å²) < 4.78 is 25.1. The molecule has 1 heterocycles. The number of hydrogen-bond acceptors (Lipinski definition) is 4. The van der Waals surface area contributed by atoms with E-state index in [0.717, 1.165) is 0 Å². The molecule has 0 aliphatic carbocycles. The van der Waals surface area contributed by atoms with Crippen molar-refractivity contribution in [1.82, 2.24) is 4.98 Å². The van der Waals surface area contributed by atoms with Crippen LogP contribution in [0, 0.1) is 0 Å². The Labute approximate surface area is 80.7 Å². The Balaban J connectivity index is 2.65. The topological polar surface area (TPSA) is 82.3 Å². The summed E-state index contributed by atoms with van der Waals surface area (Å²) in [6.45, 7) is -0.209. The fourth-order valence-corrected chi connectivity index (χ4v) is 1.14. The van der Waals surface area contributed by atoms with Crippen molar-refractivity contribution in [2.75, 3.05) is 0 Å². The molecule has 13 heavy (non-hydrogen) atoms. The van der Waals surface area contributed by atoms with Gasteiger partial charge in [0, 0.05) is 0 Å². The maximum atomic E-state index is 10.4. The zero-order valence-corrected chi connectivity index (χ0v) is 8.05. The first kappa shape index (κ1) is 10.4. The molecule has 1 aromatic heterocycles. The predicted molar refractivity (Wildman–Crippen MR) is 47.1 cm³/mol. The predicted octanol–water partition coefficient (Wildman–Crippen LogP) is 0.455. The Kier molecular flexibility index (Phi) is 3.21. The van der Waals surface area contributed by atoms with Crippen molar-refractivity contribution in [3.63, 3.8) is 0 Å². The van der Waals surface area contributed by atoms with Crippen LogP contribution in [0.1, 0.15) is 5.69 Å². The lowest BCUT2D eigenvalue weighted by atomic mass is 10.4. The molecule has 5 nitrogen and oxygen atoms in total. The van der Waals surface area contributed by atoms with Crippen LogP contribution >= 0.6 is 11.6 Å². The Morgan fingerprint density at radius 2 is 2.23 bits per heavy atom. The summed E-state index contributed by atoms with van der Waals surface area (Å²) in [5, 5.41) is 4.88. The van der Waals surface area contributed by atoms with E-state index >= 15 is 0 Å². The van der Waals surface area contributed by atoms with E-state index in [1.54, 1.807) is 18.2 Å². The van der Waals surface area contributed by atoms with E-state index in [4.69, 9.17) is 11.6 Å². The SMILES string of the molecule is NS(=O)(=O)OCc1cccc(Cl)n1. The second-order valence-electron chi connectivity index (χ2n) is 2.21. The summed E-state index contributed by atoms with van der Waals surface area (Å²) in [4.78, 5) is 3.80. The van der Waals surface area contributed by atoms with E-state index in [1.807, 2.05) is 0 Å². The molecule has 0 saturated heterocycles. The summed E-state index contributed by atoms with van der Waals surface area (Å²) in [6.07, 6.45) is 0. The van der Waals surface area contributed by atoms with Crippen molar-refractivity contribution in [3.8, 4) is 0 Å². The van der Waals surface area contributed by atoms with Crippen LogP contribution in [0.25, 0.3) is 0 Å². The van der Waals surface area contributed by atoms with Crippen LogP contribution in [0.3, 0.4) is 0 Å². The number of nitrogens with two attached hydrogens (primary N) is 1. The van der Waals surface area contributed by atoms with Gasteiger partial charge in [-0.15, -0.1) is 0 Å². The van der Waals surface area contributed by atoms with Gasteiger partial charge in [-0.05, 0) is 12.1 Å². The van der Waals surface area contributed by atoms with Crippen LogP contribution in [-0.2, 0) is 21.1 Å². The molecular formula is C6H7ClN2O3S. The van der Waals surface area contributed by atoms with Crippen molar-refractivity contribution in [2.24, 2.45) is 5.14 Å². The van der Waals surface area contributed by atoms with E-state index in [1.165, 1.54) is 0 Å². The highest BCUT2D eigenvalue weighted by Gasteiger charge is 2.03. The van der Waals surface area contributed by atoms with Crippen molar-refractivity contribution in [2.45, 2.75) is 6.61 Å². The minimum absolute atomic E-state index is 0.209. The minimum atomic E-state index is -3.92. The molecule has 7 heteroatoms. The van der Waals surface area contributed by atoms with Crippen molar-refractivity contribution in [3.05, 3.63) is 29.0 Å². The molecule has 1 rings (SSSR count). The third kappa shape index (κ3) is 4.18. The number of aromatic nitrogens is 1. The number of halogens is 1. The van der Waals surface area contributed by atoms with Crippen LogP contribution in [0.4, 0.5) is 0 Å². The van der Waals surface area contributed by atoms with E-state index < -0.39 is 10.3 Å². The molecular weight excluding hydrogens is 216 g/mol. The molecule has 0 bridgehead atoms. The third-order valence-corrected chi connectivity index (χ3v) is 1.80. The minimum Gasteiger partial charge on any atom is -0.252 e. The van der Waals surface area contributed by atoms with Crippen LogP contribution in [0.5, 0.6) is 0 Å². The van der Waals surface area contributed by atoms with Gasteiger partial charge >= 0.3 is 10.3 Å². The van der Waals surface area contributed by atoms with Gasteiger partial charge in [-0.1, -0.05) is 17.7 Å². The highest BCUT2D eigenvalue weighted by Crippen LogP contribution is 2.06. The number of pyridine rings is 1. The van der Waals surface area contributed by atoms with Gasteiger partial charge in [0.05, 0.1) is 5.69 Å². The molecule has 1 aromatic rings. The Bertz CT molecular complexity index is 393. The van der Waals surface area contributed by atoms with Gasteiger partial charge in [0.25, 0.3) is 0 Å². The first-order valence-corrected chi connectivity index (χ1v) is 5.11. The van der Waals surface area contributed by atoms with Gasteiger partial charge in [0.2, 0.25) is 0 Å². The van der Waals surface area contributed by atoms with Crippen LogP contribution in [0.15, 0.2) is 18.2 Å². The fourth-order valence-electron chi connectivity index (χ4n) is 0.673. The molecule has 0 unspecified atom stereocenters. The standard InChI is InChI=1S/C6H7ClN2O3S/c7-6-3-1-2-5(9-6)4-12-13(8,10)11/h1-3H,4H2,(H2,8,10,11). The van der Waals surface area contributed by atoms with Crippen LogP contribution in [0.2, 0.25) is 5.15 Å². The molecule has 0 aliphatic heterocycles. The van der Waals surface area contributed by atoms with Gasteiger partial charge in [0.1, 0.15) is 11.8 Å². The van der Waals surface area contributed by atoms with Gasteiger partial charge in [-0.3, -0.25) is 4.18 Å². The Morgan fingerprint density at radius 1 is 1.54 bits per heavy atom. The normalized spacial score (nSPS) is 11.5. The highest BCUT2D eigenvalue weighted by molar-refractivity contribution is 7.84. The average molecular weight is 223 g/mol. The van der Waals surface area contributed by atoms with Crippen LogP contribution < -0.4 is 5.14 Å². The Hall–Kier alpha value is -0.690. The maximum absolute atomic E-state index is 10.4. The second-order valence-corrected chi connectivity index (χ2v) is 3.82. The zero-order chi connectivity index (χ0) is 9.90. The quantitative estimate of drug-likeness (QED) is 0.753. The van der Waals surface area contributed by atoms with E-state index in [9.17, 15) is 8.42 Å². The summed E-state index contributed by atoms with van der Waals surface area (Å²) in [5.74, 6) is 0. The molecule has 0 aliphatic rings. The summed E-state index contributed by atoms with van der Waals surface area (Å²) in [6, 6.07) is 4.79. The number of nitrogens with zero attached hydrogens (tertiary/aromatic N) is 1. The molecule has 2 N–H and O–H groups in total. The lowest BCUT2D eigenvalue weighted by Gasteiger charge is -1.99. The second kappa shape index (κ2) is 4.01. The van der Waals surface area contributed by atoms with E-state index in [0.29, 0.717) is 5.69 Å². The molecule has 72 valence electrons. The third-order valence-electron chi connectivity index (χ3n) is 1.14. The molecule has 0 fully saturated rings. The van der Waals surface area contributed by atoms with Gasteiger partial charge in [0.15, 0.2) is 0 Å². The van der Waals surface area contributed by atoms with Gasteiger partial charge in [-0.2, -0.15) is 8.42 Å². The number of rotatable bonds is 3. The lowest BCUT2D eigenvalue weighted by Crippen LogP contribution is -2.15. The zero-order valence-electron chi connectivity index (χ0n) is 6.47. The molecule has 0 aromatic carbocycles. The first-order valence-electron chi connectivity index (χ1n) is 3.26. The average Bonchev–Trinajstić information content (AvgIpc) is 2.00. The van der Waals surface area contributed by atoms with Crippen molar-refractivity contribution in [1.29, 1.82) is 0 Å². The molecule has 0 radical (unpaired) electrons. The van der Waals surface area contributed by atoms with Crippen molar-refractivity contribution < 1.29 is 12.6 Å². The first-order chi connectivity index (χ1) is 5.97. The van der Waals surface area contributed by atoms with Gasteiger partial charge in [-0.25, -0.2) is 10.1 Å². The van der Waals surface area contributed by atoms with Gasteiger partial charge < -0.3 is 0 Å². The van der Waals surface area contributed by atoms with E-state index in [2.05, 4.69) is 14.3 Å². The molecule has 0 atom stereocenters. The summed E-state index contributed by atoms with van der Waals surface area (Å²) in [7, 11) is -3.92. The summed E-state index contributed by atoms with van der Waals surface area (Å²) in [5.41, 5.74) is 0.404. The Morgan fingerprint density at radius 3 is 2.77 bits per heavy atom. The summed E-state index contributed by atoms with van der Waals surface area (Å²) >= 11 is 5.55. The molecule has 0 spiro atoms. The lowest BCUT2D eigenvalue weighted by molar-refractivity contribution is 0.304. The largest absolute Gasteiger partial charge is 0.333 e. The maximum Gasteiger partial charge on any atom is 0.333 e. The smallest absolute Gasteiger partial charge is 0.252 e. The van der Waals surface area contributed by atoms with Crippen LogP contribution in [-0.4, -0.2) is 13.4 Å². The van der Waals surface area contributed by atoms with Crippen molar-refractivity contribution >= 4 is 21.9 Å².